The maximum atomic E-state index is 12.1. The average molecular weight is 431 g/mol. The van der Waals surface area contributed by atoms with Crippen molar-refractivity contribution in [3.63, 3.8) is 0 Å². The summed E-state index contributed by atoms with van der Waals surface area (Å²) in [7, 11) is 1.73. The van der Waals surface area contributed by atoms with Crippen molar-refractivity contribution in [3.8, 4) is 22.9 Å². The molecule has 0 aromatic heterocycles. The highest BCUT2D eigenvalue weighted by atomic mass is 16.7. The van der Waals surface area contributed by atoms with Gasteiger partial charge in [-0.1, -0.05) is 18.2 Å². The van der Waals surface area contributed by atoms with Crippen LogP contribution in [0.5, 0.6) is 5.75 Å². The number of aliphatic imine (C=N–C) groups is 1. The minimum absolute atomic E-state index is 0.0349. The zero-order valence-electron chi connectivity index (χ0n) is 18.2. The van der Waals surface area contributed by atoms with Gasteiger partial charge in [0.25, 0.3) is 0 Å². The van der Waals surface area contributed by atoms with Crippen LogP contribution in [0.25, 0.3) is 11.1 Å². The number of fused-ring (bicyclic) bond motifs is 2. The molecule has 1 saturated heterocycles. The van der Waals surface area contributed by atoms with Gasteiger partial charge in [-0.05, 0) is 48.2 Å². The smallest absolute Gasteiger partial charge is 0.222 e. The number of likely N-dealkylation sites (tertiary alicyclic amines) is 1. The number of hydroxylamine groups is 2. The number of amides is 1. The molecule has 0 bridgehead atoms. The summed E-state index contributed by atoms with van der Waals surface area (Å²) in [5.74, 6) is 1.01. The Hall–Kier alpha value is -3.57. The first-order chi connectivity index (χ1) is 15.3. The fraction of sp³-hybridized carbons (Fsp3) is 0.375. The number of benzene rings is 2. The molecule has 2 aromatic carbocycles. The van der Waals surface area contributed by atoms with Crippen molar-refractivity contribution in [2.24, 2.45) is 10.7 Å². The van der Waals surface area contributed by atoms with E-state index in [-0.39, 0.29) is 5.91 Å². The molecule has 3 aliphatic heterocycles. The zero-order valence-corrected chi connectivity index (χ0v) is 18.2. The summed E-state index contributed by atoms with van der Waals surface area (Å²) >= 11 is 0. The monoisotopic (exact) mass is 431 g/mol. The Morgan fingerprint density at radius 1 is 1.25 bits per heavy atom. The molecule has 0 aliphatic carbocycles. The van der Waals surface area contributed by atoms with Crippen LogP contribution in [-0.4, -0.2) is 47.6 Å². The number of hydrogen-bond donors (Lipinski definition) is 1. The molecule has 2 N–H and O–H groups in total. The number of nitrogens with two attached hydrogens (primary N) is 1. The van der Waals surface area contributed by atoms with Gasteiger partial charge in [0.15, 0.2) is 0 Å². The lowest BCUT2D eigenvalue weighted by molar-refractivity contribution is -0.210. The zero-order chi connectivity index (χ0) is 22.5. The first-order valence-electron chi connectivity index (χ1n) is 10.7. The molecule has 2 aromatic rings. The van der Waals surface area contributed by atoms with E-state index in [1.807, 2.05) is 41.3 Å². The van der Waals surface area contributed by atoms with Crippen molar-refractivity contribution in [1.82, 2.24) is 9.96 Å². The Kier molecular flexibility index (Phi) is 4.60. The van der Waals surface area contributed by atoms with E-state index in [1.54, 1.807) is 20.0 Å². The average Bonchev–Trinajstić information content (AvgIpc) is 3.06. The maximum Gasteiger partial charge on any atom is 0.222 e. The van der Waals surface area contributed by atoms with Crippen LogP contribution in [0.2, 0.25) is 0 Å². The number of hydrogen-bond acceptors (Lipinski definition) is 7. The molecule has 2 unspecified atom stereocenters. The first kappa shape index (κ1) is 20.3. The molecule has 0 radical (unpaired) electrons. The Morgan fingerprint density at radius 3 is 2.78 bits per heavy atom. The summed E-state index contributed by atoms with van der Waals surface area (Å²) in [5, 5.41) is 10.8. The standard InChI is InChI=1S/C24H25N5O3/c1-16(30)29-10-4-9-23(15-29)14-24(27-22(26)28(2)32-24)20-12-19(7-8-21(20)31-23)18-6-3-5-17(11-18)13-25/h3,5-8,11-12H,4,9-10,14-15H2,1-2H3,(H2,26,27). The van der Waals surface area contributed by atoms with Crippen LogP contribution < -0.4 is 10.5 Å². The number of guanidine groups is 1. The third-order valence-electron chi connectivity index (χ3n) is 6.50. The van der Waals surface area contributed by atoms with Crippen LogP contribution in [0, 0.1) is 11.3 Å². The quantitative estimate of drug-likeness (QED) is 0.745. The van der Waals surface area contributed by atoms with E-state index < -0.39 is 11.3 Å². The molecule has 3 aliphatic rings. The summed E-state index contributed by atoms with van der Waals surface area (Å²) in [6, 6.07) is 15.5. The van der Waals surface area contributed by atoms with Gasteiger partial charge in [0.2, 0.25) is 17.6 Å². The van der Waals surface area contributed by atoms with Crippen molar-refractivity contribution in [3.05, 3.63) is 53.6 Å². The summed E-state index contributed by atoms with van der Waals surface area (Å²) < 4.78 is 6.58. The van der Waals surface area contributed by atoms with Gasteiger partial charge < -0.3 is 15.4 Å². The molecular formula is C24H25N5O3. The number of nitriles is 1. The summed E-state index contributed by atoms with van der Waals surface area (Å²) in [6.07, 6.45) is 2.09. The van der Waals surface area contributed by atoms with E-state index in [0.717, 1.165) is 36.1 Å². The molecule has 1 fully saturated rings. The van der Waals surface area contributed by atoms with Gasteiger partial charge in [-0.15, -0.1) is 0 Å². The highest BCUT2D eigenvalue weighted by Crippen LogP contribution is 2.52. The molecule has 3 heterocycles. The second-order valence-electron chi connectivity index (χ2n) is 8.75. The van der Waals surface area contributed by atoms with Crippen molar-refractivity contribution in [2.45, 2.75) is 37.5 Å². The topological polar surface area (TPSA) is 104 Å². The second kappa shape index (κ2) is 7.24. The van der Waals surface area contributed by atoms with Gasteiger partial charge in [0, 0.05) is 26.9 Å². The van der Waals surface area contributed by atoms with Crippen molar-refractivity contribution < 1.29 is 14.4 Å². The van der Waals surface area contributed by atoms with E-state index in [2.05, 4.69) is 6.07 Å². The number of carbonyl (C=O) groups is 1. The fourth-order valence-electron chi connectivity index (χ4n) is 5.00. The van der Waals surface area contributed by atoms with Crippen molar-refractivity contribution in [2.75, 3.05) is 20.1 Å². The molecule has 2 spiro atoms. The van der Waals surface area contributed by atoms with Crippen LogP contribution in [-0.2, 0) is 15.4 Å². The Bertz CT molecular complexity index is 1170. The number of carbonyl (C=O) groups excluding carboxylic acids is 1. The lowest BCUT2D eigenvalue weighted by Crippen LogP contribution is -2.58. The van der Waals surface area contributed by atoms with Gasteiger partial charge in [0.1, 0.15) is 11.4 Å². The first-order valence-corrected chi connectivity index (χ1v) is 10.7. The third-order valence-corrected chi connectivity index (χ3v) is 6.50. The van der Waals surface area contributed by atoms with Crippen LogP contribution in [0.4, 0.5) is 0 Å². The Balaban J connectivity index is 1.61. The van der Waals surface area contributed by atoms with E-state index in [1.165, 1.54) is 5.06 Å². The molecule has 8 heteroatoms. The van der Waals surface area contributed by atoms with Gasteiger partial charge in [-0.25, -0.2) is 14.9 Å². The molecule has 8 nitrogen and oxygen atoms in total. The fourth-order valence-corrected chi connectivity index (χ4v) is 5.00. The number of nitrogens with zero attached hydrogens (tertiary/aromatic N) is 4. The molecule has 164 valence electrons. The Morgan fingerprint density at radius 2 is 2.06 bits per heavy atom. The normalized spacial score (nSPS) is 26.5. The van der Waals surface area contributed by atoms with Crippen LogP contribution >= 0.6 is 0 Å². The second-order valence-corrected chi connectivity index (χ2v) is 8.75. The Labute approximate surface area is 186 Å². The minimum Gasteiger partial charge on any atom is -0.485 e. The molecule has 32 heavy (non-hydrogen) atoms. The summed E-state index contributed by atoms with van der Waals surface area (Å²) in [4.78, 5) is 24.9. The molecular weight excluding hydrogens is 406 g/mol. The van der Waals surface area contributed by atoms with Crippen LogP contribution in [0.1, 0.15) is 37.3 Å². The highest BCUT2D eigenvalue weighted by molar-refractivity contribution is 5.79. The van der Waals surface area contributed by atoms with Gasteiger partial charge >= 0.3 is 0 Å². The number of rotatable bonds is 1. The summed E-state index contributed by atoms with van der Waals surface area (Å²) in [6.45, 7) is 2.79. The van der Waals surface area contributed by atoms with E-state index >= 15 is 0 Å². The lowest BCUT2D eigenvalue weighted by Gasteiger charge is -2.49. The highest BCUT2D eigenvalue weighted by Gasteiger charge is 2.55. The van der Waals surface area contributed by atoms with Crippen molar-refractivity contribution >= 4 is 11.9 Å². The maximum absolute atomic E-state index is 12.1. The van der Waals surface area contributed by atoms with Gasteiger partial charge in [-0.3, -0.25) is 4.79 Å². The largest absolute Gasteiger partial charge is 0.485 e. The van der Waals surface area contributed by atoms with Crippen LogP contribution in [0.3, 0.4) is 0 Å². The third kappa shape index (κ3) is 3.26. The minimum atomic E-state index is -1.03. The molecule has 5 rings (SSSR count). The van der Waals surface area contributed by atoms with Crippen LogP contribution in [0.15, 0.2) is 47.5 Å². The number of ether oxygens (including phenoxy) is 1. The molecule has 1 amide bonds. The molecule has 0 saturated carbocycles. The van der Waals surface area contributed by atoms with E-state index in [4.69, 9.17) is 20.3 Å². The number of piperidine rings is 1. The SMILES string of the molecule is CC(=O)N1CCCC2(C1)CC1(N=C(N)N(C)O1)c1cc(-c3cccc(C#N)c3)ccc1O2. The predicted octanol–water partition coefficient (Wildman–Crippen LogP) is 2.73. The van der Waals surface area contributed by atoms with Crippen molar-refractivity contribution in [1.29, 1.82) is 5.26 Å². The molecule has 2 atom stereocenters. The predicted molar refractivity (Wildman–Crippen MR) is 118 cm³/mol. The summed E-state index contributed by atoms with van der Waals surface area (Å²) in [5.41, 5.74) is 7.73. The van der Waals surface area contributed by atoms with Gasteiger partial charge in [-0.2, -0.15) is 5.26 Å². The lowest BCUT2D eigenvalue weighted by atomic mass is 9.79. The van der Waals surface area contributed by atoms with Gasteiger partial charge in [0.05, 0.1) is 23.7 Å². The van der Waals surface area contributed by atoms with E-state index in [9.17, 15) is 10.1 Å². The van der Waals surface area contributed by atoms with E-state index in [0.29, 0.717) is 30.2 Å².